The maximum Gasteiger partial charge on any atom is 0.311 e. The van der Waals surface area contributed by atoms with Gasteiger partial charge < -0.3 is 14.8 Å². The third-order valence-electron chi connectivity index (χ3n) is 6.55. The number of H-pyrrole nitrogens is 1. The number of esters is 1. The van der Waals surface area contributed by atoms with Crippen LogP contribution in [-0.2, 0) is 16.0 Å². The topological polar surface area (TPSA) is 65.6 Å². The van der Waals surface area contributed by atoms with Gasteiger partial charge >= 0.3 is 5.97 Å². The predicted molar refractivity (Wildman–Crippen MR) is 98.6 cm³/mol. The average molecular weight is 352 g/mol. The minimum atomic E-state index is -0.645. The number of hydrogen-bond acceptors (Lipinski definition) is 4. The van der Waals surface area contributed by atoms with Crippen LogP contribution in [-0.4, -0.2) is 47.3 Å². The number of fused-ring (bicyclic) bond motifs is 6. The van der Waals surface area contributed by atoms with Gasteiger partial charge in [0.2, 0.25) is 0 Å². The van der Waals surface area contributed by atoms with E-state index < -0.39 is 12.0 Å². The van der Waals surface area contributed by atoms with Crippen LogP contribution in [0.15, 0.2) is 35.9 Å². The first-order valence-corrected chi connectivity index (χ1v) is 9.45. The van der Waals surface area contributed by atoms with Crippen LogP contribution in [0.4, 0.5) is 0 Å². The highest BCUT2D eigenvalue weighted by molar-refractivity contribution is 5.85. The largest absolute Gasteiger partial charge is 0.469 e. The van der Waals surface area contributed by atoms with E-state index in [2.05, 4.69) is 40.2 Å². The summed E-state index contributed by atoms with van der Waals surface area (Å²) in [5.41, 5.74) is 5.19. The summed E-state index contributed by atoms with van der Waals surface area (Å²) in [7, 11) is 1.42. The molecule has 5 rings (SSSR count). The van der Waals surface area contributed by atoms with Crippen LogP contribution in [0.25, 0.3) is 10.9 Å². The Morgan fingerprint density at radius 3 is 3.04 bits per heavy atom. The molecule has 1 aromatic heterocycles. The van der Waals surface area contributed by atoms with Gasteiger partial charge in [0.05, 0.1) is 25.2 Å². The number of ether oxygens (including phenoxy) is 1. The van der Waals surface area contributed by atoms with E-state index in [-0.39, 0.29) is 17.9 Å². The molecular formula is C21H24N2O3. The number of rotatable bonds is 1. The molecule has 0 saturated carbocycles. The normalized spacial score (nSPS) is 30.9. The number of carbonyl (C=O) groups is 1. The second kappa shape index (κ2) is 5.96. The molecule has 1 saturated heterocycles. The quantitative estimate of drug-likeness (QED) is 0.612. The van der Waals surface area contributed by atoms with E-state index in [0.717, 1.165) is 25.9 Å². The van der Waals surface area contributed by atoms with Crippen molar-refractivity contribution in [3.8, 4) is 0 Å². The minimum Gasteiger partial charge on any atom is -0.469 e. The van der Waals surface area contributed by atoms with E-state index >= 15 is 0 Å². The molecule has 2 aromatic rings. The molecule has 5 heteroatoms. The second-order valence-corrected chi connectivity index (χ2v) is 7.77. The van der Waals surface area contributed by atoms with E-state index in [4.69, 9.17) is 4.74 Å². The van der Waals surface area contributed by atoms with Gasteiger partial charge in [-0.2, -0.15) is 0 Å². The molecule has 0 radical (unpaired) electrons. The molecule has 0 spiro atoms. The van der Waals surface area contributed by atoms with E-state index in [9.17, 15) is 9.90 Å². The van der Waals surface area contributed by atoms with E-state index in [0.29, 0.717) is 6.42 Å². The molecule has 1 aromatic carbocycles. The van der Waals surface area contributed by atoms with E-state index in [1.54, 1.807) is 0 Å². The Labute approximate surface area is 152 Å². The number of hydrogen-bond donors (Lipinski definition) is 2. The van der Waals surface area contributed by atoms with E-state index in [1.807, 2.05) is 0 Å². The van der Waals surface area contributed by atoms with Crippen LogP contribution in [0.3, 0.4) is 0 Å². The molecule has 3 aliphatic rings. The van der Waals surface area contributed by atoms with Crippen LogP contribution < -0.4 is 0 Å². The summed E-state index contributed by atoms with van der Waals surface area (Å²) in [5, 5.41) is 11.8. The van der Waals surface area contributed by atoms with Crippen molar-refractivity contribution in [2.75, 3.05) is 20.2 Å². The SMILES string of the molecule is COC(=O)[C@@H]1[C@@H](O)CC=C2CN3CCc4c([nH]c5ccccc45)[C@@H]3C[C@@H]21. The lowest BCUT2D eigenvalue weighted by Gasteiger charge is -2.47. The van der Waals surface area contributed by atoms with Crippen LogP contribution in [0, 0.1) is 11.8 Å². The number of benzene rings is 1. The number of para-hydroxylation sites is 1. The van der Waals surface area contributed by atoms with E-state index in [1.165, 1.54) is 34.8 Å². The first-order chi connectivity index (χ1) is 12.7. The third-order valence-corrected chi connectivity index (χ3v) is 6.55. The van der Waals surface area contributed by atoms with Crippen LogP contribution in [0.1, 0.15) is 30.1 Å². The smallest absolute Gasteiger partial charge is 0.311 e. The highest BCUT2D eigenvalue weighted by atomic mass is 16.5. The standard InChI is InChI=1S/C21H24N2O3/c1-26-21(25)19-15-10-17-20-14(13-4-2-3-5-16(13)22-20)8-9-23(17)11-12(15)6-7-18(19)24/h2-6,15,17-19,22,24H,7-11H2,1H3/t15-,17-,18-,19-/m0/s1. The number of nitrogens with zero attached hydrogens (tertiary/aromatic N) is 1. The molecule has 3 heterocycles. The van der Waals surface area contributed by atoms with Gasteiger partial charge in [-0.1, -0.05) is 29.8 Å². The van der Waals surface area contributed by atoms with Crippen molar-refractivity contribution in [3.63, 3.8) is 0 Å². The van der Waals surface area contributed by atoms with Crippen molar-refractivity contribution in [1.82, 2.24) is 9.88 Å². The number of aromatic nitrogens is 1. The first kappa shape index (κ1) is 16.1. The Hall–Kier alpha value is -2.11. The number of nitrogens with one attached hydrogen (secondary N) is 1. The van der Waals surface area contributed by atoms with Crippen molar-refractivity contribution < 1.29 is 14.6 Å². The summed E-state index contributed by atoms with van der Waals surface area (Å²) in [6, 6.07) is 8.75. The van der Waals surface area contributed by atoms with Gasteiger partial charge in [-0.05, 0) is 36.8 Å². The Morgan fingerprint density at radius 1 is 1.35 bits per heavy atom. The zero-order chi connectivity index (χ0) is 17.8. The van der Waals surface area contributed by atoms with Gasteiger partial charge in [0.25, 0.3) is 0 Å². The molecule has 1 fully saturated rings. The summed E-state index contributed by atoms with van der Waals surface area (Å²) in [6.07, 6.45) is 3.95. The number of methoxy groups -OCH3 is 1. The molecule has 2 aliphatic heterocycles. The minimum absolute atomic E-state index is 0.0600. The zero-order valence-electron chi connectivity index (χ0n) is 14.9. The molecule has 136 valence electrons. The molecule has 5 nitrogen and oxygen atoms in total. The van der Waals surface area contributed by atoms with Crippen LogP contribution in [0.2, 0.25) is 0 Å². The molecule has 0 bridgehead atoms. The van der Waals surface area contributed by atoms with Crippen LogP contribution >= 0.6 is 0 Å². The summed E-state index contributed by atoms with van der Waals surface area (Å²) in [4.78, 5) is 18.5. The molecule has 0 amide bonds. The fourth-order valence-corrected chi connectivity index (χ4v) is 5.31. The lowest BCUT2D eigenvalue weighted by Crippen LogP contribution is -2.49. The number of aliphatic hydroxyl groups excluding tert-OH is 1. The van der Waals surface area contributed by atoms with Gasteiger partial charge in [0.1, 0.15) is 0 Å². The predicted octanol–water partition coefficient (Wildman–Crippen LogP) is 2.57. The van der Waals surface area contributed by atoms with Gasteiger partial charge in [0, 0.05) is 29.7 Å². The third kappa shape index (κ3) is 2.27. The Kier molecular flexibility index (Phi) is 3.69. The molecular weight excluding hydrogens is 328 g/mol. The maximum atomic E-state index is 12.3. The second-order valence-electron chi connectivity index (χ2n) is 7.77. The zero-order valence-corrected chi connectivity index (χ0v) is 14.9. The monoisotopic (exact) mass is 352 g/mol. The highest BCUT2D eigenvalue weighted by Crippen LogP contribution is 2.47. The van der Waals surface area contributed by atoms with Crippen molar-refractivity contribution in [2.45, 2.75) is 31.4 Å². The van der Waals surface area contributed by atoms with Crippen molar-refractivity contribution in [3.05, 3.63) is 47.2 Å². The van der Waals surface area contributed by atoms with Gasteiger partial charge in [-0.3, -0.25) is 9.69 Å². The number of piperidine rings is 1. The number of aromatic amines is 1. The van der Waals surface area contributed by atoms with Gasteiger partial charge in [-0.15, -0.1) is 0 Å². The summed E-state index contributed by atoms with van der Waals surface area (Å²) in [5.74, 6) is -0.670. The van der Waals surface area contributed by atoms with Crippen LogP contribution in [0.5, 0.6) is 0 Å². The fourth-order valence-electron chi connectivity index (χ4n) is 5.31. The van der Waals surface area contributed by atoms with Crippen molar-refractivity contribution in [1.29, 1.82) is 0 Å². The Balaban J connectivity index is 1.55. The van der Waals surface area contributed by atoms with Crippen molar-refractivity contribution in [2.24, 2.45) is 11.8 Å². The summed E-state index contributed by atoms with van der Waals surface area (Å²) >= 11 is 0. The highest BCUT2D eigenvalue weighted by Gasteiger charge is 2.46. The maximum absolute atomic E-state index is 12.3. The first-order valence-electron chi connectivity index (χ1n) is 9.45. The molecule has 1 aliphatic carbocycles. The number of carbonyl (C=O) groups excluding carboxylic acids is 1. The van der Waals surface area contributed by atoms with Gasteiger partial charge in [0.15, 0.2) is 0 Å². The lowest BCUT2D eigenvalue weighted by molar-refractivity contribution is -0.153. The number of aliphatic hydroxyl groups is 1. The summed E-state index contributed by atoms with van der Waals surface area (Å²) < 4.78 is 5.02. The molecule has 0 unspecified atom stereocenters. The molecule has 2 N–H and O–H groups in total. The van der Waals surface area contributed by atoms with Crippen molar-refractivity contribution >= 4 is 16.9 Å². The Morgan fingerprint density at radius 2 is 2.19 bits per heavy atom. The fraction of sp³-hybridized carbons (Fsp3) is 0.476. The summed E-state index contributed by atoms with van der Waals surface area (Å²) in [6.45, 7) is 1.92. The molecule has 26 heavy (non-hydrogen) atoms. The van der Waals surface area contributed by atoms with Gasteiger partial charge in [-0.25, -0.2) is 0 Å². The average Bonchev–Trinajstić information content (AvgIpc) is 3.05. The Bertz CT molecular complexity index is 900. The molecule has 4 atom stereocenters. The lowest BCUT2D eigenvalue weighted by atomic mass is 9.70.